The molecule has 0 saturated heterocycles. The van der Waals surface area contributed by atoms with Crippen molar-refractivity contribution in [2.75, 3.05) is 0 Å². The van der Waals surface area contributed by atoms with Gasteiger partial charge in [0.1, 0.15) is 11.2 Å². The summed E-state index contributed by atoms with van der Waals surface area (Å²) >= 11 is 0. The topological polar surface area (TPSA) is 57.1 Å². The average Bonchev–Trinajstić information content (AvgIpc) is 3.47. The largest absolute Gasteiger partial charge is 0.306 e. The molecule has 0 saturated carbocycles. The van der Waals surface area contributed by atoms with E-state index in [9.17, 15) is 9.18 Å². The van der Waals surface area contributed by atoms with Gasteiger partial charge >= 0.3 is 0 Å². The van der Waals surface area contributed by atoms with Crippen molar-refractivity contribution in [1.82, 2.24) is 23.5 Å². The molecular weight excluding hydrogens is 405 g/mol. The van der Waals surface area contributed by atoms with Gasteiger partial charge in [0, 0.05) is 24.3 Å². The van der Waals surface area contributed by atoms with Crippen molar-refractivity contribution in [3.63, 3.8) is 0 Å². The molecule has 6 nitrogen and oxygen atoms in total. The summed E-state index contributed by atoms with van der Waals surface area (Å²) in [5.74, 6) is 0.251. The summed E-state index contributed by atoms with van der Waals surface area (Å²) in [6, 6.07) is 12.0. The first kappa shape index (κ1) is 19.9. The molecule has 5 rings (SSSR count). The summed E-state index contributed by atoms with van der Waals surface area (Å²) in [4.78, 5) is 22.1. The molecule has 7 heteroatoms. The lowest BCUT2D eigenvalue weighted by atomic mass is 10.1. The van der Waals surface area contributed by atoms with Crippen LogP contribution >= 0.6 is 0 Å². The molecule has 2 aromatic carbocycles. The van der Waals surface area contributed by atoms with Crippen molar-refractivity contribution in [3.8, 4) is 5.69 Å². The molecule has 3 aromatic heterocycles. The Bertz CT molecular complexity index is 1540. The predicted octanol–water partition coefficient (Wildman–Crippen LogP) is 3.59. The first-order valence-electron chi connectivity index (χ1n) is 10.4. The number of aromatic nitrogens is 5. The van der Waals surface area contributed by atoms with Crippen LogP contribution in [0, 0.1) is 19.7 Å². The number of rotatable bonds is 4. The number of hydrogen-bond acceptors (Lipinski definition) is 3. The van der Waals surface area contributed by atoms with Gasteiger partial charge in [0.05, 0.1) is 18.1 Å². The monoisotopic (exact) mass is 427 g/mol. The summed E-state index contributed by atoms with van der Waals surface area (Å²) in [5, 5.41) is 0.525. The van der Waals surface area contributed by atoms with Gasteiger partial charge < -0.3 is 4.57 Å². The maximum Gasteiger partial charge on any atom is 0.278 e. The molecule has 0 spiro atoms. The molecule has 0 radical (unpaired) electrons. The van der Waals surface area contributed by atoms with Crippen LogP contribution in [0.25, 0.3) is 17.5 Å². The van der Waals surface area contributed by atoms with Gasteiger partial charge in [0.25, 0.3) is 5.56 Å². The van der Waals surface area contributed by atoms with Gasteiger partial charge in [0.15, 0.2) is 0 Å². The van der Waals surface area contributed by atoms with Crippen molar-refractivity contribution < 1.29 is 4.39 Å². The van der Waals surface area contributed by atoms with Crippen molar-refractivity contribution in [2.24, 2.45) is 0 Å². The smallest absolute Gasteiger partial charge is 0.278 e. The third kappa shape index (κ3) is 3.32. The van der Waals surface area contributed by atoms with Crippen LogP contribution in [0.4, 0.5) is 4.39 Å². The summed E-state index contributed by atoms with van der Waals surface area (Å²) < 4.78 is 18.8. The Balaban J connectivity index is 1.62. The Kier molecular flexibility index (Phi) is 4.74. The van der Waals surface area contributed by atoms with E-state index in [1.165, 1.54) is 12.1 Å². The second kappa shape index (κ2) is 7.60. The minimum Gasteiger partial charge on any atom is -0.306 e. The van der Waals surface area contributed by atoms with Gasteiger partial charge in [-0.3, -0.25) is 13.8 Å². The molecule has 160 valence electrons. The average molecular weight is 427 g/mol. The fourth-order valence-corrected chi connectivity index (χ4v) is 4.12. The lowest BCUT2D eigenvalue weighted by Gasteiger charge is -2.12. The minimum atomic E-state index is -0.305. The highest BCUT2D eigenvalue weighted by Crippen LogP contribution is 2.19. The van der Waals surface area contributed by atoms with E-state index >= 15 is 0 Å². The van der Waals surface area contributed by atoms with Gasteiger partial charge in [-0.05, 0) is 67.8 Å². The fraction of sp³-hybridized carbons (Fsp3) is 0.160. The van der Waals surface area contributed by atoms with Crippen LogP contribution in [0.3, 0.4) is 0 Å². The van der Waals surface area contributed by atoms with E-state index in [1.807, 2.05) is 55.8 Å². The third-order valence-corrected chi connectivity index (χ3v) is 5.79. The highest BCUT2D eigenvalue weighted by Gasteiger charge is 2.18. The van der Waals surface area contributed by atoms with Gasteiger partial charge in [-0.25, -0.2) is 14.4 Å². The zero-order valence-electron chi connectivity index (χ0n) is 18.0. The Morgan fingerprint density at radius 3 is 2.53 bits per heavy atom. The summed E-state index contributed by atoms with van der Waals surface area (Å²) in [6.07, 6.45) is 9.11. The molecule has 0 aliphatic heterocycles. The molecule has 5 aromatic rings. The Labute approximate surface area is 183 Å². The molecule has 0 aliphatic rings. The van der Waals surface area contributed by atoms with Crippen LogP contribution in [0.2, 0.25) is 0 Å². The molecule has 0 amide bonds. The highest BCUT2D eigenvalue weighted by molar-refractivity contribution is 5.55. The van der Waals surface area contributed by atoms with Crippen molar-refractivity contribution in [3.05, 3.63) is 111 Å². The molecule has 1 unspecified atom stereocenters. The van der Waals surface area contributed by atoms with Crippen LogP contribution in [-0.4, -0.2) is 23.5 Å². The lowest BCUT2D eigenvalue weighted by molar-refractivity contribution is 0.615. The van der Waals surface area contributed by atoms with Crippen molar-refractivity contribution >= 4 is 11.9 Å². The van der Waals surface area contributed by atoms with Crippen molar-refractivity contribution in [2.45, 2.75) is 26.8 Å². The molecule has 0 aliphatic carbocycles. The standard InChI is InChI=1S/C25H22FN5O/c1-16-12-19(4-9-22(16)29-14-17(2)28-15-29)13-23-24(32)31(25-27-10-11-30(23)25)18(3)20-5-7-21(26)8-6-20/h4-15,18H,1-3H3/b23-13-. The minimum absolute atomic E-state index is 0.142. The fourth-order valence-electron chi connectivity index (χ4n) is 4.12. The Morgan fingerprint density at radius 1 is 1.06 bits per heavy atom. The van der Waals surface area contributed by atoms with E-state index in [2.05, 4.69) is 9.97 Å². The molecular formula is C25H22FN5O. The third-order valence-electron chi connectivity index (χ3n) is 5.79. The summed E-state index contributed by atoms with van der Waals surface area (Å²) in [5.41, 5.74) is 4.69. The normalized spacial score (nSPS) is 13.2. The highest BCUT2D eigenvalue weighted by atomic mass is 19.1. The molecule has 3 heterocycles. The first-order chi connectivity index (χ1) is 15.4. The zero-order valence-corrected chi connectivity index (χ0v) is 18.0. The van der Waals surface area contributed by atoms with Crippen LogP contribution in [-0.2, 0) is 0 Å². The van der Waals surface area contributed by atoms with Crippen LogP contribution < -0.4 is 10.9 Å². The Morgan fingerprint density at radius 2 is 1.84 bits per heavy atom. The Hall–Kier alpha value is -4.00. The number of fused-ring (bicyclic) bond motifs is 1. The van der Waals surface area contributed by atoms with E-state index in [1.54, 1.807) is 39.8 Å². The van der Waals surface area contributed by atoms with E-state index in [-0.39, 0.29) is 17.4 Å². The maximum atomic E-state index is 13.4. The molecule has 0 bridgehead atoms. The second-order valence-electron chi connectivity index (χ2n) is 8.00. The van der Waals surface area contributed by atoms with E-state index in [4.69, 9.17) is 0 Å². The van der Waals surface area contributed by atoms with Gasteiger partial charge in [-0.1, -0.05) is 18.2 Å². The number of benzene rings is 2. The second-order valence-corrected chi connectivity index (χ2v) is 8.00. The molecule has 0 N–H and O–H groups in total. The number of aryl methyl sites for hydroxylation is 2. The van der Waals surface area contributed by atoms with E-state index < -0.39 is 0 Å². The number of nitrogens with zero attached hydrogens (tertiary/aromatic N) is 5. The van der Waals surface area contributed by atoms with Gasteiger partial charge in [0.2, 0.25) is 5.78 Å². The molecule has 32 heavy (non-hydrogen) atoms. The molecule has 0 fully saturated rings. The van der Waals surface area contributed by atoms with Crippen molar-refractivity contribution in [1.29, 1.82) is 0 Å². The van der Waals surface area contributed by atoms with E-state index in [0.717, 1.165) is 28.1 Å². The SMILES string of the molecule is Cc1cn(-c2ccc(/C=c3/c(=O)n(C(C)c4ccc(F)cc4)c4nccn34)cc2C)cn1. The van der Waals surface area contributed by atoms with Crippen LogP contribution in [0.15, 0.2) is 72.2 Å². The van der Waals surface area contributed by atoms with Gasteiger partial charge in [-0.15, -0.1) is 0 Å². The lowest BCUT2D eigenvalue weighted by Crippen LogP contribution is -2.32. The summed E-state index contributed by atoms with van der Waals surface area (Å²) in [6.45, 7) is 5.91. The van der Waals surface area contributed by atoms with Crippen LogP contribution in [0.5, 0.6) is 0 Å². The number of hydrogen-bond donors (Lipinski definition) is 0. The number of imidazole rings is 3. The van der Waals surface area contributed by atoms with E-state index in [0.29, 0.717) is 11.1 Å². The quantitative estimate of drug-likeness (QED) is 0.440. The zero-order chi connectivity index (χ0) is 22.4. The first-order valence-corrected chi connectivity index (χ1v) is 10.4. The maximum absolute atomic E-state index is 13.4. The molecule has 1 atom stereocenters. The summed E-state index contributed by atoms with van der Waals surface area (Å²) in [7, 11) is 0. The van der Waals surface area contributed by atoms with Gasteiger partial charge in [-0.2, -0.15) is 0 Å². The number of halogens is 1. The van der Waals surface area contributed by atoms with Crippen LogP contribution in [0.1, 0.15) is 35.3 Å². The predicted molar refractivity (Wildman–Crippen MR) is 121 cm³/mol.